The summed E-state index contributed by atoms with van der Waals surface area (Å²) in [6.45, 7) is 0. The largest absolute Gasteiger partial charge is 0.364 e. The lowest BCUT2D eigenvalue weighted by Gasteiger charge is -2.12. The second-order valence-electron chi connectivity index (χ2n) is 3.18. The Morgan fingerprint density at radius 1 is 1.24 bits per heavy atom. The molecule has 1 heterocycles. The first kappa shape index (κ1) is 13.3. The van der Waals surface area contributed by atoms with Crippen LogP contribution in [0.2, 0.25) is 0 Å². The minimum absolute atomic E-state index is 0.0292. The monoisotopic (exact) mass is 249 g/mol. The van der Waals surface area contributed by atoms with Crippen LogP contribution in [0.3, 0.4) is 0 Å². The van der Waals surface area contributed by atoms with E-state index in [1.807, 2.05) is 0 Å². The highest BCUT2D eigenvalue weighted by atomic mass is 19.3. The zero-order chi connectivity index (χ0) is 13.1. The van der Waals surface area contributed by atoms with Crippen LogP contribution in [-0.4, -0.2) is 28.9 Å². The standard InChI is InChI=1S/C10H7F4NO2/c11-9(12)10(13,14)8(17)5-7(16)6-1-3-15-4-2-6/h1-4,9H,5H2. The summed E-state index contributed by atoms with van der Waals surface area (Å²) in [5.41, 5.74) is -0.0292. The van der Waals surface area contributed by atoms with Crippen molar-refractivity contribution in [1.82, 2.24) is 4.98 Å². The Morgan fingerprint density at radius 2 is 1.76 bits per heavy atom. The highest BCUT2D eigenvalue weighted by Gasteiger charge is 2.48. The molecule has 0 saturated heterocycles. The van der Waals surface area contributed by atoms with Gasteiger partial charge in [0, 0.05) is 18.0 Å². The second kappa shape index (κ2) is 5.03. The highest BCUT2D eigenvalue weighted by Crippen LogP contribution is 2.25. The van der Waals surface area contributed by atoms with Gasteiger partial charge in [-0.3, -0.25) is 14.6 Å². The van der Waals surface area contributed by atoms with E-state index in [1.165, 1.54) is 24.5 Å². The van der Waals surface area contributed by atoms with E-state index in [9.17, 15) is 27.2 Å². The van der Waals surface area contributed by atoms with Crippen LogP contribution in [0.4, 0.5) is 17.6 Å². The molecule has 0 radical (unpaired) electrons. The number of alkyl halides is 4. The number of hydrogen-bond donors (Lipinski definition) is 0. The number of pyridine rings is 1. The minimum atomic E-state index is -4.79. The summed E-state index contributed by atoms with van der Waals surface area (Å²) in [4.78, 5) is 25.7. The van der Waals surface area contributed by atoms with E-state index in [2.05, 4.69) is 4.98 Å². The van der Waals surface area contributed by atoms with Gasteiger partial charge in [-0.2, -0.15) is 8.78 Å². The first-order valence-corrected chi connectivity index (χ1v) is 4.48. The van der Waals surface area contributed by atoms with E-state index in [-0.39, 0.29) is 5.56 Å². The van der Waals surface area contributed by atoms with Crippen molar-refractivity contribution in [2.24, 2.45) is 0 Å². The van der Waals surface area contributed by atoms with Crippen LogP contribution in [0.15, 0.2) is 24.5 Å². The number of carbonyl (C=O) groups is 2. The Bertz CT molecular complexity index is 420. The number of rotatable bonds is 5. The third-order valence-corrected chi connectivity index (χ3v) is 1.97. The van der Waals surface area contributed by atoms with Gasteiger partial charge in [-0.25, -0.2) is 8.78 Å². The first-order valence-electron chi connectivity index (χ1n) is 4.48. The predicted molar refractivity (Wildman–Crippen MR) is 49.1 cm³/mol. The number of aromatic nitrogens is 1. The molecule has 3 nitrogen and oxygen atoms in total. The van der Waals surface area contributed by atoms with Crippen LogP contribution in [0.25, 0.3) is 0 Å². The van der Waals surface area contributed by atoms with Crippen molar-refractivity contribution < 1.29 is 27.2 Å². The molecular formula is C10H7F4NO2. The molecule has 92 valence electrons. The van der Waals surface area contributed by atoms with Crippen molar-refractivity contribution in [3.05, 3.63) is 30.1 Å². The van der Waals surface area contributed by atoms with Crippen molar-refractivity contribution >= 4 is 11.6 Å². The molecule has 0 atom stereocenters. The summed E-state index contributed by atoms with van der Waals surface area (Å²) in [5.74, 6) is -7.82. The molecule has 0 aliphatic heterocycles. The third kappa shape index (κ3) is 3.08. The Kier molecular flexibility index (Phi) is 3.93. The second-order valence-corrected chi connectivity index (χ2v) is 3.18. The Labute approximate surface area is 93.5 Å². The maximum absolute atomic E-state index is 12.6. The molecule has 7 heteroatoms. The quantitative estimate of drug-likeness (QED) is 0.456. The summed E-state index contributed by atoms with van der Waals surface area (Å²) in [6.07, 6.45) is -2.92. The third-order valence-electron chi connectivity index (χ3n) is 1.97. The average Bonchev–Trinajstić information content (AvgIpc) is 2.29. The molecule has 0 aromatic carbocycles. The molecule has 0 fully saturated rings. The molecule has 0 aliphatic rings. The summed E-state index contributed by atoms with van der Waals surface area (Å²) in [7, 11) is 0. The Morgan fingerprint density at radius 3 is 2.24 bits per heavy atom. The topological polar surface area (TPSA) is 47.0 Å². The first-order chi connectivity index (χ1) is 7.85. The number of ketones is 2. The lowest BCUT2D eigenvalue weighted by atomic mass is 10.0. The van der Waals surface area contributed by atoms with Gasteiger partial charge in [0.2, 0.25) is 5.78 Å². The van der Waals surface area contributed by atoms with Gasteiger partial charge in [-0.05, 0) is 12.1 Å². The number of nitrogens with zero attached hydrogens (tertiary/aromatic N) is 1. The van der Waals surface area contributed by atoms with Crippen LogP contribution in [0.5, 0.6) is 0 Å². The molecule has 0 spiro atoms. The van der Waals surface area contributed by atoms with Crippen molar-refractivity contribution in [2.45, 2.75) is 18.8 Å². The molecule has 0 saturated carbocycles. The van der Waals surface area contributed by atoms with Gasteiger partial charge in [0.1, 0.15) is 0 Å². The fraction of sp³-hybridized carbons (Fsp3) is 0.300. The van der Waals surface area contributed by atoms with Gasteiger partial charge < -0.3 is 0 Å². The van der Waals surface area contributed by atoms with Crippen molar-refractivity contribution in [2.75, 3.05) is 0 Å². The minimum Gasteiger partial charge on any atom is -0.294 e. The normalized spacial score (nSPS) is 11.6. The van der Waals surface area contributed by atoms with Gasteiger partial charge in [0.05, 0.1) is 6.42 Å². The molecule has 0 amide bonds. The number of halogens is 4. The van der Waals surface area contributed by atoms with E-state index in [0.717, 1.165) is 0 Å². The van der Waals surface area contributed by atoms with E-state index < -0.39 is 30.3 Å². The molecule has 0 aliphatic carbocycles. The average molecular weight is 249 g/mol. The van der Waals surface area contributed by atoms with E-state index >= 15 is 0 Å². The SMILES string of the molecule is O=C(CC(=O)C(F)(F)C(F)F)c1ccncc1. The van der Waals surface area contributed by atoms with Gasteiger partial charge >= 0.3 is 12.3 Å². The molecule has 1 aromatic rings. The summed E-state index contributed by atoms with van der Waals surface area (Å²) in [5, 5.41) is 0. The molecular weight excluding hydrogens is 242 g/mol. The smallest absolute Gasteiger partial charge is 0.294 e. The van der Waals surface area contributed by atoms with Gasteiger partial charge in [-0.15, -0.1) is 0 Å². The summed E-state index contributed by atoms with van der Waals surface area (Å²) >= 11 is 0. The van der Waals surface area contributed by atoms with Gasteiger partial charge in [0.25, 0.3) is 0 Å². The van der Waals surface area contributed by atoms with Gasteiger partial charge in [0.15, 0.2) is 5.78 Å². The predicted octanol–water partition coefficient (Wildman–Crippen LogP) is 2.12. The zero-order valence-electron chi connectivity index (χ0n) is 8.37. The Hall–Kier alpha value is -1.79. The molecule has 17 heavy (non-hydrogen) atoms. The molecule has 1 rings (SSSR count). The van der Waals surface area contributed by atoms with Crippen LogP contribution in [0, 0.1) is 0 Å². The van der Waals surface area contributed by atoms with E-state index in [4.69, 9.17) is 0 Å². The van der Waals surface area contributed by atoms with Gasteiger partial charge in [-0.1, -0.05) is 0 Å². The van der Waals surface area contributed by atoms with E-state index in [0.29, 0.717) is 0 Å². The van der Waals surface area contributed by atoms with Crippen LogP contribution >= 0.6 is 0 Å². The van der Waals surface area contributed by atoms with Crippen LogP contribution < -0.4 is 0 Å². The lowest BCUT2D eigenvalue weighted by Crippen LogP contribution is -2.37. The molecule has 0 N–H and O–H groups in total. The number of Topliss-reactive ketones (excluding diaryl/α,β-unsaturated/α-hetero) is 2. The summed E-state index contributed by atoms with van der Waals surface area (Å²) in [6, 6.07) is 2.41. The number of hydrogen-bond acceptors (Lipinski definition) is 3. The fourth-order valence-corrected chi connectivity index (χ4v) is 1.03. The zero-order valence-corrected chi connectivity index (χ0v) is 8.37. The van der Waals surface area contributed by atoms with Crippen molar-refractivity contribution in [1.29, 1.82) is 0 Å². The molecule has 0 bridgehead atoms. The highest BCUT2D eigenvalue weighted by molar-refractivity contribution is 6.09. The van der Waals surface area contributed by atoms with Crippen LogP contribution in [0.1, 0.15) is 16.8 Å². The fourth-order valence-electron chi connectivity index (χ4n) is 1.03. The maximum Gasteiger partial charge on any atom is 0.364 e. The van der Waals surface area contributed by atoms with Crippen molar-refractivity contribution in [3.63, 3.8) is 0 Å². The maximum atomic E-state index is 12.6. The summed E-state index contributed by atoms with van der Waals surface area (Å²) < 4.78 is 48.8. The number of carbonyl (C=O) groups excluding carboxylic acids is 2. The van der Waals surface area contributed by atoms with Crippen LogP contribution in [-0.2, 0) is 4.79 Å². The molecule has 0 unspecified atom stereocenters. The van der Waals surface area contributed by atoms with E-state index in [1.54, 1.807) is 0 Å². The lowest BCUT2D eigenvalue weighted by molar-refractivity contribution is -0.166. The Balaban J connectivity index is 2.74. The molecule has 1 aromatic heterocycles. The van der Waals surface area contributed by atoms with Crippen molar-refractivity contribution in [3.8, 4) is 0 Å².